The minimum Gasteiger partial charge on any atom is -0.391 e. The largest absolute Gasteiger partial charge is 0.391 e. The molecule has 0 aromatic heterocycles. The highest BCUT2D eigenvalue weighted by Crippen LogP contribution is 1.97. The number of aliphatic hydroxyl groups excluding tert-OH is 1. The van der Waals surface area contributed by atoms with Crippen molar-refractivity contribution < 1.29 is 9.90 Å². The second-order valence-electron chi connectivity index (χ2n) is 2.46. The van der Waals surface area contributed by atoms with E-state index in [0.29, 0.717) is 0 Å². The molecular formula is C7H14BrNO2. The Morgan fingerprint density at radius 3 is 2.55 bits per heavy atom. The fraction of sp³-hybridized carbons (Fsp3) is 0.857. The number of hydrogen-bond donors (Lipinski definition) is 2. The highest BCUT2D eigenvalue weighted by molar-refractivity contribution is 9.09. The zero-order chi connectivity index (χ0) is 8.85. The van der Waals surface area contributed by atoms with Gasteiger partial charge in [-0.3, -0.25) is 4.79 Å². The van der Waals surface area contributed by atoms with Gasteiger partial charge in [-0.2, -0.15) is 0 Å². The number of hydrogen-bond acceptors (Lipinski definition) is 2. The molecule has 0 aliphatic carbocycles. The SMILES string of the molecule is CCC(NC(=O)CBr)C(C)O. The van der Waals surface area contributed by atoms with Gasteiger partial charge in [0.25, 0.3) is 0 Å². The Morgan fingerprint density at radius 1 is 1.73 bits per heavy atom. The summed E-state index contributed by atoms with van der Waals surface area (Å²) < 4.78 is 0. The molecule has 0 heterocycles. The van der Waals surface area contributed by atoms with Crippen molar-refractivity contribution in [3.8, 4) is 0 Å². The van der Waals surface area contributed by atoms with Crippen molar-refractivity contribution in [3.63, 3.8) is 0 Å². The normalized spacial score (nSPS) is 15.6. The molecule has 0 saturated heterocycles. The monoisotopic (exact) mass is 223 g/mol. The first-order chi connectivity index (χ1) is 5.11. The number of halogens is 1. The van der Waals surface area contributed by atoms with E-state index in [2.05, 4.69) is 21.2 Å². The average molecular weight is 224 g/mol. The number of nitrogens with one attached hydrogen (secondary N) is 1. The summed E-state index contributed by atoms with van der Waals surface area (Å²) in [5.41, 5.74) is 0. The second kappa shape index (κ2) is 5.55. The third-order valence-corrected chi connectivity index (χ3v) is 2.00. The fourth-order valence-electron chi connectivity index (χ4n) is 0.809. The van der Waals surface area contributed by atoms with E-state index in [9.17, 15) is 4.79 Å². The van der Waals surface area contributed by atoms with Crippen LogP contribution < -0.4 is 5.32 Å². The van der Waals surface area contributed by atoms with Crippen LogP contribution in [0, 0.1) is 0 Å². The predicted molar refractivity (Wildman–Crippen MR) is 47.7 cm³/mol. The van der Waals surface area contributed by atoms with Crippen LogP contribution in [-0.2, 0) is 4.79 Å². The zero-order valence-electron chi connectivity index (χ0n) is 6.80. The van der Waals surface area contributed by atoms with Gasteiger partial charge in [0.2, 0.25) is 5.91 Å². The lowest BCUT2D eigenvalue weighted by molar-refractivity contribution is -0.119. The number of alkyl halides is 1. The summed E-state index contributed by atoms with van der Waals surface area (Å²) in [5.74, 6) is -0.0854. The first-order valence-electron chi connectivity index (χ1n) is 3.65. The Hall–Kier alpha value is -0.0900. The lowest BCUT2D eigenvalue weighted by Gasteiger charge is -2.18. The highest BCUT2D eigenvalue weighted by atomic mass is 79.9. The zero-order valence-corrected chi connectivity index (χ0v) is 8.39. The van der Waals surface area contributed by atoms with Crippen molar-refractivity contribution in [2.45, 2.75) is 32.4 Å². The van der Waals surface area contributed by atoms with E-state index in [1.165, 1.54) is 0 Å². The van der Waals surface area contributed by atoms with Crippen LogP contribution in [0.1, 0.15) is 20.3 Å². The van der Waals surface area contributed by atoms with E-state index >= 15 is 0 Å². The van der Waals surface area contributed by atoms with E-state index < -0.39 is 6.10 Å². The third kappa shape index (κ3) is 4.37. The Bertz CT molecular complexity index is 128. The average Bonchev–Trinajstić information content (AvgIpc) is 1.99. The number of aliphatic hydroxyl groups is 1. The summed E-state index contributed by atoms with van der Waals surface area (Å²) in [6, 6.07) is -0.125. The molecule has 3 nitrogen and oxygen atoms in total. The maximum atomic E-state index is 10.8. The van der Waals surface area contributed by atoms with Crippen molar-refractivity contribution in [3.05, 3.63) is 0 Å². The van der Waals surface area contributed by atoms with Crippen molar-refractivity contribution in [1.29, 1.82) is 0 Å². The minimum absolute atomic E-state index is 0.0854. The molecule has 0 radical (unpaired) electrons. The summed E-state index contributed by atoms with van der Waals surface area (Å²) in [6.07, 6.45) is 0.263. The van der Waals surface area contributed by atoms with Crippen LogP contribution >= 0.6 is 15.9 Å². The summed E-state index contributed by atoms with van der Waals surface area (Å²) in [5, 5.41) is 12.1. The van der Waals surface area contributed by atoms with Crippen LogP contribution in [0.3, 0.4) is 0 Å². The molecule has 1 amide bonds. The molecule has 0 bridgehead atoms. The molecule has 0 spiro atoms. The van der Waals surface area contributed by atoms with E-state index in [0.717, 1.165) is 6.42 Å². The van der Waals surface area contributed by atoms with Crippen LogP contribution in [0.5, 0.6) is 0 Å². The predicted octanol–water partition coefficient (Wildman–Crippen LogP) is 0.657. The second-order valence-corrected chi connectivity index (χ2v) is 3.02. The molecule has 2 unspecified atom stereocenters. The molecule has 2 N–H and O–H groups in total. The van der Waals surface area contributed by atoms with Crippen LogP contribution in [-0.4, -0.2) is 28.5 Å². The van der Waals surface area contributed by atoms with Gasteiger partial charge in [-0.25, -0.2) is 0 Å². The highest BCUT2D eigenvalue weighted by Gasteiger charge is 2.13. The number of carbonyl (C=O) groups is 1. The van der Waals surface area contributed by atoms with Gasteiger partial charge in [-0.05, 0) is 13.3 Å². The van der Waals surface area contributed by atoms with Crippen molar-refractivity contribution in [2.24, 2.45) is 0 Å². The molecule has 0 aliphatic heterocycles. The van der Waals surface area contributed by atoms with Crippen LogP contribution in [0.25, 0.3) is 0 Å². The molecule has 66 valence electrons. The lowest BCUT2D eigenvalue weighted by Crippen LogP contribution is -2.42. The van der Waals surface area contributed by atoms with Gasteiger partial charge < -0.3 is 10.4 Å². The molecule has 0 aliphatic rings. The van der Waals surface area contributed by atoms with Gasteiger partial charge in [-0.15, -0.1) is 0 Å². The first kappa shape index (κ1) is 10.9. The summed E-state index contributed by atoms with van der Waals surface area (Å²) in [7, 11) is 0. The first-order valence-corrected chi connectivity index (χ1v) is 4.77. The smallest absolute Gasteiger partial charge is 0.230 e. The Morgan fingerprint density at radius 2 is 2.27 bits per heavy atom. The quantitative estimate of drug-likeness (QED) is 0.689. The maximum absolute atomic E-state index is 10.8. The Kier molecular flexibility index (Phi) is 5.50. The van der Waals surface area contributed by atoms with Crippen LogP contribution in [0.2, 0.25) is 0 Å². The molecule has 0 aromatic rings. The molecule has 4 heteroatoms. The topological polar surface area (TPSA) is 49.3 Å². The van der Waals surface area contributed by atoms with Gasteiger partial charge in [0.05, 0.1) is 17.5 Å². The fourth-order valence-corrected chi connectivity index (χ4v) is 0.971. The van der Waals surface area contributed by atoms with Crippen LogP contribution in [0.4, 0.5) is 0 Å². The summed E-state index contributed by atoms with van der Waals surface area (Å²) in [6.45, 7) is 3.59. The van der Waals surface area contributed by atoms with Gasteiger partial charge >= 0.3 is 0 Å². The van der Waals surface area contributed by atoms with E-state index in [1.54, 1.807) is 6.92 Å². The van der Waals surface area contributed by atoms with Gasteiger partial charge in [0.1, 0.15) is 0 Å². The number of carbonyl (C=O) groups excluding carboxylic acids is 1. The minimum atomic E-state index is -0.483. The third-order valence-electron chi connectivity index (χ3n) is 1.49. The van der Waals surface area contributed by atoms with Gasteiger partial charge in [0, 0.05) is 0 Å². The molecule has 2 atom stereocenters. The van der Waals surface area contributed by atoms with Crippen molar-refractivity contribution >= 4 is 21.8 Å². The Balaban J connectivity index is 3.78. The Labute approximate surface area is 75.3 Å². The van der Waals surface area contributed by atoms with Gasteiger partial charge in [0.15, 0.2) is 0 Å². The lowest BCUT2D eigenvalue weighted by atomic mass is 10.1. The molecule has 0 aromatic carbocycles. The molecular weight excluding hydrogens is 210 g/mol. The molecule has 0 saturated carbocycles. The summed E-state index contributed by atoms with van der Waals surface area (Å²) >= 11 is 3.03. The number of rotatable bonds is 4. The maximum Gasteiger partial charge on any atom is 0.230 e. The van der Waals surface area contributed by atoms with E-state index in [1.807, 2.05) is 6.92 Å². The van der Waals surface area contributed by atoms with E-state index in [4.69, 9.17) is 5.11 Å². The molecule has 0 fully saturated rings. The van der Waals surface area contributed by atoms with Gasteiger partial charge in [-0.1, -0.05) is 22.9 Å². The van der Waals surface area contributed by atoms with Crippen LogP contribution in [0.15, 0.2) is 0 Å². The molecule has 11 heavy (non-hydrogen) atoms. The van der Waals surface area contributed by atoms with Crippen molar-refractivity contribution in [1.82, 2.24) is 5.32 Å². The van der Waals surface area contributed by atoms with E-state index in [-0.39, 0.29) is 17.3 Å². The summed E-state index contributed by atoms with van der Waals surface area (Å²) in [4.78, 5) is 10.8. The molecule has 0 rings (SSSR count). The standard InChI is InChI=1S/C7H14BrNO2/c1-3-6(5(2)10)9-7(11)4-8/h5-6,10H,3-4H2,1-2H3,(H,9,11). The number of amides is 1. The van der Waals surface area contributed by atoms with Crippen molar-refractivity contribution in [2.75, 3.05) is 5.33 Å².